The van der Waals surface area contributed by atoms with Gasteiger partial charge in [0, 0.05) is 23.3 Å². The molecule has 0 aliphatic heterocycles. The summed E-state index contributed by atoms with van der Waals surface area (Å²) >= 11 is 10.7. The molecule has 180 valence electrons. The maximum absolute atomic E-state index is 9.77. The van der Waals surface area contributed by atoms with Gasteiger partial charge >= 0.3 is 0 Å². The summed E-state index contributed by atoms with van der Waals surface area (Å²) in [6.45, 7) is 0. The van der Waals surface area contributed by atoms with Crippen LogP contribution in [0.2, 0.25) is 0 Å². The number of benzene rings is 2. The molecule has 4 aromatic rings. The number of rotatable bonds is 6. The van der Waals surface area contributed by atoms with E-state index >= 15 is 0 Å². The summed E-state index contributed by atoms with van der Waals surface area (Å²) in [6.07, 6.45) is 2.99. The minimum Gasteiger partial charge on any atom is -0.504 e. The molecule has 0 saturated carbocycles. The van der Waals surface area contributed by atoms with Gasteiger partial charge in [0.25, 0.3) is 0 Å². The van der Waals surface area contributed by atoms with Crippen LogP contribution < -0.4 is 21.9 Å². The van der Waals surface area contributed by atoms with Crippen molar-refractivity contribution in [2.75, 3.05) is 21.9 Å². The first-order valence-electron chi connectivity index (χ1n) is 10.2. The summed E-state index contributed by atoms with van der Waals surface area (Å²) in [5.41, 5.74) is 12.8. The second-order valence-electron chi connectivity index (χ2n) is 7.03. The molecular formula is C22H18N10O2S2. The van der Waals surface area contributed by atoms with E-state index < -0.39 is 0 Å². The van der Waals surface area contributed by atoms with Crippen LogP contribution >= 0.6 is 24.4 Å². The highest BCUT2D eigenvalue weighted by Gasteiger charge is 2.12. The predicted molar refractivity (Wildman–Crippen MR) is 145 cm³/mol. The van der Waals surface area contributed by atoms with E-state index in [0.29, 0.717) is 22.3 Å². The highest BCUT2D eigenvalue weighted by atomic mass is 32.1. The summed E-state index contributed by atoms with van der Waals surface area (Å²) in [6, 6.07) is 15.0. The number of nitrogen functional groups attached to an aromatic ring is 1. The Morgan fingerprint density at radius 3 is 2.06 bits per heavy atom. The molecule has 2 aromatic heterocycles. The van der Waals surface area contributed by atoms with Gasteiger partial charge in [-0.1, -0.05) is 46.9 Å². The van der Waals surface area contributed by atoms with Crippen LogP contribution in [0.25, 0.3) is 10.8 Å². The summed E-state index contributed by atoms with van der Waals surface area (Å²) < 4.78 is 0. The fourth-order valence-corrected chi connectivity index (χ4v) is 3.45. The van der Waals surface area contributed by atoms with Gasteiger partial charge in [-0.3, -0.25) is 0 Å². The Labute approximate surface area is 215 Å². The van der Waals surface area contributed by atoms with Crippen LogP contribution in [0.1, 0.15) is 5.56 Å². The van der Waals surface area contributed by atoms with Crippen LogP contribution in [0, 0.1) is 0 Å². The van der Waals surface area contributed by atoms with Crippen molar-refractivity contribution in [2.24, 2.45) is 20.7 Å². The molecule has 0 fully saturated rings. The minimum absolute atomic E-state index is 0.0177. The number of nitrogens with zero attached hydrogens (tertiary/aromatic N) is 6. The Morgan fingerprint density at radius 2 is 1.42 bits per heavy atom. The van der Waals surface area contributed by atoms with E-state index in [1.807, 2.05) is 6.07 Å². The molecule has 14 heteroatoms. The maximum atomic E-state index is 9.77. The lowest BCUT2D eigenvalue weighted by atomic mass is 10.0. The van der Waals surface area contributed by atoms with E-state index in [2.05, 4.69) is 46.8 Å². The number of thiocarbonyl (C=S) groups is 2. The van der Waals surface area contributed by atoms with E-state index in [1.165, 1.54) is 24.5 Å². The molecular weight excluding hydrogens is 500 g/mol. The number of hydrogen-bond acceptors (Lipinski definition) is 9. The fourth-order valence-electron chi connectivity index (χ4n) is 3.09. The first-order chi connectivity index (χ1) is 17.4. The standard InChI is InChI=1S/C22H18N10O2S2/c23-15-9-8-12-13(18(15)26-22(36)30-32-28-20-17(34)7-3-11-25-20)4-1-5-14(12)21(35)29-31-27-19-16(33)6-2-10-24-19/h1-11,33-34H,23H2,(H,24,27,29,35)(H2,25,26,28,30,36). The molecule has 0 spiro atoms. The third-order valence-corrected chi connectivity index (χ3v) is 5.21. The zero-order chi connectivity index (χ0) is 25.5. The van der Waals surface area contributed by atoms with E-state index in [1.54, 1.807) is 36.4 Å². The highest BCUT2D eigenvalue weighted by molar-refractivity contribution is 7.81. The predicted octanol–water partition coefficient (Wildman–Crippen LogP) is 4.95. The van der Waals surface area contributed by atoms with E-state index in [9.17, 15) is 10.2 Å². The molecule has 7 N–H and O–H groups in total. The van der Waals surface area contributed by atoms with Crippen LogP contribution in [0.3, 0.4) is 0 Å². The molecule has 0 saturated heterocycles. The molecule has 0 atom stereocenters. The van der Waals surface area contributed by atoms with Crippen molar-refractivity contribution in [1.82, 2.24) is 9.97 Å². The Bertz CT molecular complexity index is 1510. The van der Waals surface area contributed by atoms with Crippen LogP contribution in [0.15, 0.2) is 87.7 Å². The van der Waals surface area contributed by atoms with Crippen LogP contribution in [-0.4, -0.2) is 30.3 Å². The van der Waals surface area contributed by atoms with Crippen LogP contribution in [0.5, 0.6) is 11.5 Å². The first-order valence-corrected chi connectivity index (χ1v) is 11.0. The molecule has 0 unspecified atom stereocenters. The molecule has 0 aliphatic rings. The largest absolute Gasteiger partial charge is 0.504 e. The van der Waals surface area contributed by atoms with Crippen molar-refractivity contribution < 1.29 is 10.2 Å². The molecule has 2 aromatic carbocycles. The van der Waals surface area contributed by atoms with Gasteiger partial charge in [0.2, 0.25) is 5.11 Å². The lowest BCUT2D eigenvalue weighted by Gasteiger charge is -2.13. The smallest absolute Gasteiger partial charge is 0.220 e. The normalized spacial score (nSPS) is 11.1. The topological polar surface area (TPSA) is 178 Å². The number of nitrogens with one attached hydrogen (secondary N) is 3. The van der Waals surface area contributed by atoms with E-state index in [0.717, 1.165) is 5.39 Å². The maximum Gasteiger partial charge on any atom is 0.220 e. The Balaban J connectivity index is 1.52. The summed E-state index contributed by atoms with van der Waals surface area (Å²) in [7, 11) is 0. The molecule has 4 rings (SSSR count). The number of aromatic nitrogens is 2. The molecule has 12 nitrogen and oxygen atoms in total. The summed E-state index contributed by atoms with van der Waals surface area (Å²) in [5.74, 6) is 0.130. The van der Waals surface area contributed by atoms with Gasteiger partial charge in [0.1, 0.15) is 0 Å². The van der Waals surface area contributed by atoms with Crippen molar-refractivity contribution in [3.8, 4) is 11.5 Å². The van der Waals surface area contributed by atoms with Crippen LogP contribution in [0.4, 0.5) is 23.0 Å². The van der Waals surface area contributed by atoms with Crippen molar-refractivity contribution in [2.45, 2.75) is 0 Å². The second kappa shape index (κ2) is 11.1. The van der Waals surface area contributed by atoms with E-state index in [4.69, 9.17) is 30.2 Å². The quantitative estimate of drug-likeness (QED) is 0.0885. The average molecular weight is 519 g/mol. The van der Waals surface area contributed by atoms with Gasteiger partial charge in [-0.25, -0.2) is 20.8 Å². The summed E-state index contributed by atoms with van der Waals surface area (Å²) in [4.78, 5) is 8.09. The second-order valence-corrected chi connectivity index (χ2v) is 7.81. The first kappa shape index (κ1) is 24.3. The monoisotopic (exact) mass is 518 g/mol. The zero-order valence-corrected chi connectivity index (χ0v) is 20.0. The number of pyridine rings is 2. The van der Waals surface area contributed by atoms with Crippen LogP contribution in [-0.2, 0) is 0 Å². The highest BCUT2D eigenvalue weighted by Crippen LogP contribution is 2.32. The lowest BCUT2D eigenvalue weighted by molar-refractivity contribution is 0.474. The molecule has 0 amide bonds. The number of hydrogen-bond donors (Lipinski definition) is 6. The Hall–Kier alpha value is -4.82. The SMILES string of the molecule is Nc1ccc2c(C(=S)N=NNc3ncccc3O)cccc2c1NC(=S)/N=N/Nc1ncccc1O. The Morgan fingerprint density at radius 1 is 0.778 bits per heavy atom. The zero-order valence-electron chi connectivity index (χ0n) is 18.3. The molecule has 0 aliphatic carbocycles. The average Bonchev–Trinajstić information content (AvgIpc) is 2.87. The summed E-state index contributed by atoms with van der Waals surface area (Å²) in [5, 5.41) is 39.4. The van der Waals surface area contributed by atoms with Crippen molar-refractivity contribution in [3.05, 3.63) is 72.6 Å². The number of anilines is 4. The Kier molecular flexibility index (Phi) is 7.48. The molecule has 2 heterocycles. The fraction of sp³-hybridized carbons (Fsp3) is 0. The minimum atomic E-state index is -0.0821. The van der Waals surface area contributed by atoms with Gasteiger partial charge in [-0.05, 0) is 47.9 Å². The van der Waals surface area contributed by atoms with Gasteiger partial charge in [0.05, 0.1) is 11.4 Å². The number of aromatic hydroxyl groups is 2. The van der Waals surface area contributed by atoms with Crippen molar-refractivity contribution >= 4 is 68.3 Å². The van der Waals surface area contributed by atoms with Crippen molar-refractivity contribution in [1.29, 1.82) is 0 Å². The lowest BCUT2D eigenvalue weighted by Crippen LogP contribution is -2.09. The van der Waals surface area contributed by atoms with Gasteiger partial charge in [0.15, 0.2) is 28.1 Å². The molecule has 0 bridgehead atoms. The molecule has 36 heavy (non-hydrogen) atoms. The van der Waals surface area contributed by atoms with Gasteiger partial charge < -0.3 is 21.3 Å². The third kappa shape index (κ3) is 5.63. The van der Waals surface area contributed by atoms with E-state index in [-0.39, 0.29) is 33.2 Å². The molecule has 0 radical (unpaired) electrons. The van der Waals surface area contributed by atoms with Gasteiger partial charge in [-0.15, -0.1) is 10.2 Å². The van der Waals surface area contributed by atoms with Crippen molar-refractivity contribution in [3.63, 3.8) is 0 Å². The third-order valence-electron chi connectivity index (χ3n) is 4.72. The number of nitrogens with two attached hydrogens (primary N) is 1. The van der Waals surface area contributed by atoms with Gasteiger partial charge in [-0.2, -0.15) is 0 Å². The number of fused-ring (bicyclic) bond motifs is 1.